The van der Waals surface area contributed by atoms with E-state index in [1.807, 2.05) is 18.2 Å². The van der Waals surface area contributed by atoms with Crippen molar-refractivity contribution in [2.75, 3.05) is 36.9 Å². The van der Waals surface area contributed by atoms with Crippen molar-refractivity contribution in [3.05, 3.63) is 81.2 Å². The number of carbonyl (C=O) groups excluding carboxylic acids is 3. The number of Topliss-reactive ketones (excluding diaryl/α,β-unsaturated/α-hetero) is 2. The van der Waals surface area contributed by atoms with Gasteiger partial charge in [-0.3, -0.25) is 23.5 Å². The number of benzene rings is 2. The minimum absolute atomic E-state index is 0.0704. The number of rotatable bonds is 8. The van der Waals surface area contributed by atoms with Gasteiger partial charge in [0.1, 0.15) is 23.0 Å². The number of pyridine rings is 1. The minimum Gasteiger partial charge on any atom is -0.370 e. The number of hydrogen-bond acceptors (Lipinski definition) is 9. The van der Waals surface area contributed by atoms with Crippen LogP contribution in [-0.4, -0.2) is 74.2 Å². The fourth-order valence-electron chi connectivity index (χ4n) is 8.94. The maximum atomic E-state index is 15.0. The van der Waals surface area contributed by atoms with E-state index >= 15 is 4.39 Å². The topological polar surface area (TPSA) is 122 Å². The summed E-state index contributed by atoms with van der Waals surface area (Å²) < 4.78 is 58.2. The van der Waals surface area contributed by atoms with E-state index < -0.39 is 35.3 Å². The highest BCUT2D eigenvalue weighted by Crippen LogP contribution is 2.41. The first-order chi connectivity index (χ1) is 27.2. The highest BCUT2D eigenvalue weighted by molar-refractivity contribution is 7.18. The monoisotopic (exact) mass is 805 g/mol. The molecule has 2 saturated carbocycles. The van der Waals surface area contributed by atoms with E-state index in [1.54, 1.807) is 16.2 Å². The average molecular weight is 806 g/mol. The van der Waals surface area contributed by atoms with Gasteiger partial charge in [-0.15, -0.1) is 11.3 Å². The smallest absolute Gasteiger partial charge is 0.370 e. The van der Waals surface area contributed by atoms with E-state index in [2.05, 4.69) is 27.1 Å². The molecule has 2 aromatic carbocycles. The van der Waals surface area contributed by atoms with Crippen molar-refractivity contribution in [2.45, 2.75) is 82.0 Å². The van der Waals surface area contributed by atoms with Crippen molar-refractivity contribution in [3.8, 4) is 0 Å². The molecule has 2 aliphatic carbocycles. The molecule has 16 heteroatoms. The predicted octanol–water partition coefficient (Wildman–Crippen LogP) is 7.49. The summed E-state index contributed by atoms with van der Waals surface area (Å²) in [6.45, 7) is 2.66. The van der Waals surface area contributed by atoms with Gasteiger partial charge in [-0.05, 0) is 88.2 Å². The van der Waals surface area contributed by atoms with Crippen molar-refractivity contribution in [1.29, 1.82) is 0 Å². The summed E-state index contributed by atoms with van der Waals surface area (Å²) in [6, 6.07) is 11.4. The Balaban J connectivity index is 0.857. The van der Waals surface area contributed by atoms with Gasteiger partial charge in [0.05, 0.1) is 50.1 Å². The third-order valence-corrected chi connectivity index (χ3v) is 13.2. The van der Waals surface area contributed by atoms with Gasteiger partial charge in [-0.25, -0.2) is 19.2 Å². The number of alkyl halides is 3. The van der Waals surface area contributed by atoms with Crippen molar-refractivity contribution in [3.63, 3.8) is 0 Å². The molecule has 3 aliphatic rings. The second-order valence-corrected chi connectivity index (χ2v) is 16.7. The molecule has 1 atom stereocenters. The molecule has 4 heterocycles. The van der Waals surface area contributed by atoms with Crippen LogP contribution in [0.5, 0.6) is 0 Å². The third-order valence-electron chi connectivity index (χ3n) is 12.0. The van der Waals surface area contributed by atoms with Crippen molar-refractivity contribution >= 4 is 61.4 Å². The number of carbonyl (C=O) groups is 3. The van der Waals surface area contributed by atoms with Gasteiger partial charge in [0, 0.05) is 51.1 Å². The number of thiazole rings is 1. The van der Waals surface area contributed by atoms with Crippen LogP contribution in [-0.2, 0) is 22.8 Å². The zero-order chi connectivity index (χ0) is 40.2. The molecule has 0 spiro atoms. The van der Waals surface area contributed by atoms with E-state index in [4.69, 9.17) is 4.98 Å². The molecule has 1 amide bonds. The quantitative estimate of drug-likeness (QED) is 0.127. The molecule has 1 N–H and O–H groups in total. The SMILES string of the molecule is CN(CC1CCC(c2nc3cc(F)c(NC(=O)c4cccc(C(F)(F)F)n4)cc3s2)CC1)C1CCN(c2cccc3c2n(C)c(=O)n3C2CCC(=O)CC2=O)CC1. The fraction of sp³-hybridized carbons (Fsp3) is 0.463. The molecule has 0 radical (unpaired) electrons. The summed E-state index contributed by atoms with van der Waals surface area (Å²) >= 11 is 1.45. The number of hydrogen-bond donors (Lipinski definition) is 1. The molecule has 57 heavy (non-hydrogen) atoms. The first-order valence-electron chi connectivity index (χ1n) is 19.4. The van der Waals surface area contributed by atoms with Gasteiger partial charge >= 0.3 is 11.9 Å². The van der Waals surface area contributed by atoms with E-state index in [9.17, 15) is 32.3 Å². The van der Waals surface area contributed by atoms with Gasteiger partial charge in [0.2, 0.25) is 0 Å². The molecule has 11 nitrogen and oxygen atoms in total. The molecule has 300 valence electrons. The van der Waals surface area contributed by atoms with Crippen molar-refractivity contribution < 1.29 is 31.9 Å². The zero-order valence-electron chi connectivity index (χ0n) is 31.6. The third kappa shape index (κ3) is 7.73. The molecule has 8 rings (SSSR count). The maximum Gasteiger partial charge on any atom is 0.433 e. The number of fused-ring (bicyclic) bond motifs is 2. The highest BCUT2D eigenvalue weighted by atomic mass is 32.1. The summed E-state index contributed by atoms with van der Waals surface area (Å²) in [5.74, 6) is -1.18. The van der Waals surface area contributed by atoms with Crippen LogP contribution in [0.1, 0.15) is 90.9 Å². The summed E-state index contributed by atoms with van der Waals surface area (Å²) in [5, 5.41) is 3.28. The Morgan fingerprint density at radius 1 is 0.965 bits per heavy atom. The van der Waals surface area contributed by atoms with Crippen LogP contribution in [0.2, 0.25) is 0 Å². The first kappa shape index (κ1) is 38.9. The number of nitrogens with zero attached hydrogens (tertiary/aromatic N) is 6. The van der Waals surface area contributed by atoms with Crippen LogP contribution >= 0.6 is 11.3 Å². The van der Waals surface area contributed by atoms with E-state index in [-0.39, 0.29) is 35.3 Å². The van der Waals surface area contributed by atoms with Crippen LogP contribution in [0.25, 0.3) is 21.3 Å². The van der Waals surface area contributed by atoms with Gasteiger partial charge in [-0.1, -0.05) is 12.1 Å². The Hall–Kier alpha value is -4.96. The number of anilines is 2. The molecule has 3 aromatic heterocycles. The Morgan fingerprint density at radius 3 is 2.42 bits per heavy atom. The minimum atomic E-state index is -4.71. The summed E-state index contributed by atoms with van der Waals surface area (Å²) in [4.78, 5) is 63.8. The number of aromatic nitrogens is 4. The number of piperidine rings is 1. The average Bonchev–Trinajstić information content (AvgIpc) is 3.72. The lowest BCUT2D eigenvalue weighted by Crippen LogP contribution is -2.45. The number of aryl methyl sites for hydroxylation is 1. The van der Waals surface area contributed by atoms with Crippen LogP contribution in [0, 0.1) is 11.7 Å². The normalized spacial score (nSPS) is 21.2. The standard InChI is InChI=1S/C41H43F4N7O4S/c1-49(25-15-17-51(18-16-25)32-6-4-7-33-37(32)50(2)40(56)52(33)31-14-13-26(53)19-34(31)54)22-23-9-11-24(12-10-23)39-48-30-20-27(42)29(21-35(30)57-39)47-38(55)28-5-3-8-36(46-28)41(43,44)45/h3-8,20-21,23-25,31H,9-19,22H2,1-2H3,(H,47,55). The number of ketones is 2. The molecular weight excluding hydrogens is 763 g/mol. The van der Waals surface area contributed by atoms with E-state index in [0.29, 0.717) is 35.0 Å². The first-order valence-corrected chi connectivity index (χ1v) is 20.2. The largest absolute Gasteiger partial charge is 0.433 e. The van der Waals surface area contributed by atoms with Crippen LogP contribution in [0.4, 0.5) is 28.9 Å². The molecule has 5 aromatic rings. The zero-order valence-corrected chi connectivity index (χ0v) is 32.5. The highest BCUT2D eigenvalue weighted by Gasteiger charge is 2.35. The Kier molecular flexibility index (Phi) is 10.5. The van der Waals surface area contributed by atoms with Gasteiger partial charge in [0.25, 0.3) is 5.91 Å². The maximum absolute atomic E-state index is 15.0. The van der Waals surface area contributed by atoms with Crippen LogP contribution in [0.3, 0.4) is 0 Å². The molecule has 1 unspecified atom stereocenters. The van der Waals surface area contributed by atoms with Crippen LogP contribution < -0.4 is 15.9 Å². The summed E-state index contributed by atoms with van der Waals surface area (Å²) in [6.07, 6.45) is 1.75. The Morgan fingerprint density at radius 2 is 1.70 bits per heavy atom. The van der Waals surface area contributed by atoms with Gasteiger partial charge < -0.3 is 15.1 Å². The van der Waals surface area contributed by atoms with E-state index in [0.717, 1.165) is 98.1 Å². The lowest BCUT2D eigenvalue weighted by atomic mass is 9.82. The van der Waals surface area contributed by atoms with Gasteiger partial charge in [0.15, 0.2) is 5.78 Å². The molecule has 1 aliphatic heterocycles. The molecule has 1 saturated heterocycles. The molecular formula is C41H43F4N7O4S. The Bertz CT molecular complexity index is 2430. The number of para-hydroxylation sites is 1. The lowest BCUT2D eigenvalue weighted by molar-refractivity contribution is -0.141. The number of amides is 1. The second kappa shape index (κ2) is 15.4. The number of imidazole rings is 1. The van der Waals surface area contributed by atoms with E-state index in [1.165, 1.54) is 23.5 Å². The number of nitrogens with one attached hydrogen (secondary N) is 1. The fourth-order valence-corrected chi connectivity index (χ4v) is 10.1. The molecule has 3 fully saturated rings. The van der Waals surface area contributed by atoms with Gasteiger partial charge in [-0.2, -0.15) is 13.2 Å². The number of halogens is 4. The summed E-state index contributed by atoms with van der Waals surface area (Å²) in [7, 11) is 3.95. The lowest BCUT2D eigenvalue weighted by Gasteiger charge is -2.40. The molecule has 0 bridgehead atoms. The predicted molar refractivity (Wildman–Crippen MR) is 209 cm³/mol. The van der Waals surface area contributed by atoms with Crippen molar-refractivity contribution in [2.24, 2.45) is 13.0 Å². The van der Waals surface area contributed by atoms with Crippen molar-refractivity contribution in [1.82, 2.24) is 24.0 Å². The second-order valence-electron chi connectivity index (χ2n) is 15.7. The Labute approximate surface area is 329 Å². The van der Waals surface area contributed by atoms with Crippen LogP contribution in [0.15, 0.2) is 53.3 Å². The summed E-state index contributed by atoms with van der Waals surface area (Å²) in [5.41, 5.74) is 0.946.